The van der Waals surface area contributed by atoms with Gasteiger partial charge in [-0.15, -0.1) is 0 Å². The van der Waals surface area contributed by atoms with Crippen molar-refractivity contribution >= 4 is 21.9 Å². The minimum atomic E-state index is -3.63. The Labute approximate surface area is 142 Å². The van der Waals surface area contributed by atoms with Crippen molar-refractivity contribution in [3.63, 3.8) is 0 Å². The second-order valence-corrected chi connectivity index (χ2v) is 7.25. The molecule has 0 saturated carbocycles. The molecule has 0 atom stereocenters. The van der Waals surface area contributed by atoms with Crippen molar-refractivity contribution in [1.29, 1.82) is 0 Å². The lowest BCUT2D eigenvalue weighted by molar-refractivity contribution is -0.127. The van der Waals surface area contributed by atoms with E-state index < -0.39 is 16.0 Å². The number of carbonyl (C=O) groups is 2. The number of hydrogen-bond acceptors (Lipinski definition) is 5. The summed E-state index contributed by atoms with van der Waals surface area (Å²) in [4.78, 5) is 24.9. The summed E-state index contributed by atoms with van der Waals surface area (Å²) in [5.41, 5.74) is 0.309. The molecule has 1 aromatic carbocycles. The van der Waals surface area contributed by atoms with Crippen molar-refractivity contribution < 1.29 is 22.7 Å². The van der Waals surface area contributed by atoms with Crippen molar-refractivity contribution in [2.45, 2.75) is 31.1 Å². The zero-order chi connectivity index (χ0) is 17.6. The SMILES string of the molecule is CCOC(=O)c1ccc(S(=O)(=O)NCCCN2CCCC2=O)cc1. The van der Waals surface area contributed by atoms with Crippen LogP contribution in [0.1, 0.15) is 36.5 Å². The molecule has 0 aliphatic carbocycles. The normalized spacial score (nSPS) is 14.9. The fourth-order valence-corrected chi connectivity index (χ4v) is 3.56. The van der Waals surface area contributed by atoms with Gasteiger partial charge in [-0.3, -0.25) is 4.79 Å². The van der Waals surface area contributed by atoms with Crippen LogP contribution in [0.5, 0.6) is 0 Å². The van der Waals surface area contributed by atoms with E-state index in [9.17, 15) is 18.0 Å². The van der Waals surface area contributed by atoms with Crippen molar-refractivity contribution in [2.24, 2.45) is 0 Å². The summed E-state index contributed by atoms with van der Waals surface area (Å²) < 4.78 is 31.7. The van der Waals surface area contributed by atoms with Crippen LogP contribution in [0.2, 0.25) is 0 Å². The summed E-state index contributed by atoms with van der Waals surface area (Å²) in [7, 11) is -3.63. The summed E-state index contributed by atoms with van der Waals surface area (Å²) in [6.07, 6.45) is 2.02. The highest BCUT2D eigenvalue weighted by molar-refractivity contribution is 7.89. The van der Waals surface area contributed by atoms with Gasteiger partial charge in [-0.05, 0) is 44.0 Å². The number of esters is 1. The molecule has 132 valence electrons. The lowest BCUT2D eigenvalue weighted by Gasteiger charge is -2.15. The maximum Gasteiger partial charge on any atom is 0.338 e. The van der Waals surface area contributed by atoms with Crippen LogP contribution in [-0.2, 0) is 19.6 Å². The fraction of sp³-hybridized carbons (Fsp3) is 0.500. The minimum absolute atomic E-state index is 0.0906. The highest BCUT2D eigenvalue weighted by Crippen LogP contribution is 2.12. The van der Waals surface area contributed by atoms with Crippen LogP contribution in [-0.4, -0.2) is 51.4 Å². The van der Waals surface area contributed by atoms with Crippen molar-refractivity contribution in [2.75, 3.05) is 26.2 Å². The molecule has 1 heterocycles. The van der Waals surface area contributed by atoms with E-state index in [1.807, 2.05) is 0 Å². The monoisotopic (exact) mass is 354 g/mol. The van der Waals surface area contributed by atoms with Gasteiger partial charge >= 0.3 is 5.97 Å². The number of benzene rings is 1. The molecule has 1 aliphatic rings. The van der Waals surface area contributed by atoms with E-state index in [4.69, 9.17) is 4.74 Å². The molecular formula is C16H22N2O5S. The van der Waals surface area contributed by atoms with E-state index in [1.54, 1.807) is 11.8 Å². The smallest absolute Gasteiger partial charge is 0.338 e. The predicted molar refractivity (Wildman–Crippen MR) is 88.0 cm³/mol. The number of nitrogens with one attached hydrogen (secondary N) is 1. The molecule has 1 saturated heterocycles. The second kappa shape index (κ2) is 8.25. The highest BCUT2D eigenvalue weighted by Gasteiger charge is 2.20. The molecule has 0 radical (unpaired) electrons. The van der Waals surface area contributed by atoms with Gasteiger partial charge in [0.2, 0.25) is 15.9 Å². The molecule has 0 aromatic heterocycles. The molecular weight excluding hydrogens is 332 g/mol. The van der Waals surface area contributed by atoms with Gasteiger partial charge in [-0.1, -0.05) is 0 Å². The number of nitrogens with zero attached hydrogens (tertiary/aromatic N) is 1. The Bertz CT molecular complexity index is 685. The summed E-state index contributed by atoms with van der Waals surface area (Å²) in [5.74, 6) is -0.350. The van der Waals surface area contributed by atoms with Crippen LogP contribution in [0.4, 0.5) is 0 Å². The van der Waals surface area contributed by atoms with Gasteiger partial charge in [0.15, 0.2) is 0 Å². The number of ether oxygens (including phenoxy) is 1. The van der Waals surface area contributed by atoms with Crippen LogP contribution in [0.25, 0.3) is 0 Å². The number of likely N-dealkylation sites (tertiary alicyclic amines) is 1. The number of rotatable bonds is 8. The maximum absolute atomic E-state index is 12.2. The first-order valence-electron chi connectivity index (χ1n) is 7.98. The molecule has 1 N–H and O–H groups in total. The maximum atomic E-state index is 12.2. The van der Waals surface area contributed by atoms with Crippen LogP contribution in [0.3, 0.4) is 0 Å². The Hall–Kier alpha value is -1.93. The lowest BCUT2D eigenvalue weighted by Crippen LogP contribution is -2.30. The van der Waals surface area contributed by atoms with Gasteiger partial charge in [0.1, 0.15) is 0 Å². The van der Waals surface area contributed by atoms with E-state index in [0.717, 1.165) is 13.0 Å². The minimum Gasteiger partial charge on any atom is -0.462 e. The molecule has 24 heavy (non-hydrogen) atoms. The molecule has 2 rings (SSSR count). The van der Waals surface area contributed by atoms with Crippen LogP contribution >= 0.6 is 0 Å². The summed E-state index contributed by atoms with van der Waals surface area (Å²) >= 11 is 0. The molecule has 0 spiro atoms. The number of carbonyl (C=O) groups excluding carboxylic acids is 2. The first-order valence-corrected chi connectivity index (χ1v) is 9.47. The third-order valence-corrected chi connectivity index (χ3v) is 5.22. The third kappa shape index (κ3) is 4.78. The molecule has 7 nitrogen and oxygen atoms in total. The first-order chi connectivity index (χ1) is 11.4. The predicted octanol–water partition coefficient (Wildman–Crippen LogP) is 1.15. The Morgan fingerprint density at radius 1 is 1.29 bits per heavy atom. The standard InChI is InChI=1S/C16H22N2O5S/c1-2-23-16(20)13-6-8-14(9-7-13)24(21,22)17-10-4-12-18-11-3-5-15(18)19/h6-9,17H,2-5,10-12H2,1H3. The molecule has 0 unspecified atom stereocenters. The van der Waals surface area contributed by atoms with E-state index in [-0.39, 0.29) is 24.0 Å². The molecule has 0 bridgehead atoms. The average Bonchev–Trinajstić information content (AvgIpc) is 2.97. The molecule has 1 aromatic rings. The summed E-state index contributed by atoms with van der Waals surface area (Å²) in [6.45, 7) is 3.53. The summed E-state index contributed by atoms with van der Waals surface area (Å²) in [6, 6.07) is 5.60. The van der Waals surface area contributed by atoms with Crippen LogP contribution in [0, 0.1) is 0 Å². The van der Waals surface area contributed by atoms with Crippen molar-refractivity contribution in [3.05, 3.63) is 29.8 Å². The van der Waals surface area contributed by atoms with Gasteiger partial charge in [0.05, 0.1) is 17.1 Å². The zero-order valence-corrected chi connectivity index (χ0v) is 14.5. The van der Waals surface area contributed by atoms with Gasteiger partial charge in [0, 0.05) is 26.1 Å². The van der Waals surface area contributed by atoms with Crippen LogP contribution < -0.4 is 4.72 Å². The van der Waals surface area contributed by atoms with E-state index >= 15 is 0 Å². The average molecular weight is 354 g/mol. The number of sulfonamides is 1. The second-order valence-electron chi connectivity index (χ2n) is 5.48. The number of amides is 1. The van der Waals surface area contributed by atoms with E-state index in [1.165, 1.54) is 24.3 Å². The zero-order valence-electron chi connectivity index (χ0n) is 13.7. The van der Waals surface area contributed by atoms with Gasteiger partial charge in [-0.25, -0.2) is 17.9 Å². The molecule has 1 fully saturated rings. The van der Waals surface area contributed by atoms with E-state index in [0.29, 0.717) is 24.9 Å². The Morgan fingerprint density at radius 2 is 2.00 bits per heavy atom. The van der Waals surface area contributed by atoms with Gasteiger partial charge < -0.3 is 9.64 Å². The Balaban J connectivity index is 1.85. The fourth-order valence-electron chi connectivity index (χ4n) is 2.48. The molecule has 1 aliphatic heterocycles. The number of hydrogen-bond donors (Lipinski definition) is 1. The van der Waals surface area contributed by atoms with Crippen molar-refractivity contribution in [1.82, 2.24) is 9.62 Å². The Kier molecular flexibility index (Phi) is 6.33. The highest BCUT2D eigenvalue weighted by atomic mass is 32.2. The Morgan fingerprint density at radius 3 is 2.58 bits per heavy atom. The first kappa shape index (κ1) is 18.4. The van der Waals surface area contributed by atoms with Crippen LogP contribution in [0.15, 0.2) is 29.2 Å². The van der Waals surface area contributed by atoms with Gasteiger partial charge in [-0.2, -0.15) is 0 Å². The largest absolute Gasteiger partial charge is 0.462 e. The topological polar surface area (TPSA) is 92.8 Å². The summed E-state index contributed by atoms with van der Waals surface area (Å²) in [5, 5.41) is 0. The van der Waals surface area contributed by atoms with Gasteiger partial charge in [0.25, 0.3) is 0 Å². The van der Waals surface area contributed by atoms with E-state index in [2.05, 4.69) is 4.72 Å². The van der Waals surface area contributed by atoms with Crippen molar-refractivity contribution in [3.8, 4) is 0 Å². The molecule has 8 heteroatoms. The molecule has 1 amide bonds. The lowest BCUT2D eigenvalue weighted by atomic mass is 10.2. The quantitative estimate of drug-likeness (QED) is 0.558. The third-order valence-electron chi connectivity index (χ3n) is 3.74.